The Morgan fingerprint density at radius 2 is 1.70 bits per heavy atom. The van der Waals surface area contributed by atoms with E-state index in [1.54, 1.807) is 0 Å². The summed E-state index contributed by atoms with van der Waals surface area (Å²) in [5, 5.41) is 8.81. The normalized spacial score (nSPS) is 11.7. The molecule has 0 radical (unpaired) electrons. The maximum absolute atomic E-state index is 8.81. The Bertz CT molecular complexity index is 52.9. The van der Waals surface area contributed by atoms with Crippen LogP contribution >= 0.6 is 0 Å². The van der Waals surface area contributed by atoms with Gasteiger partial charge in [0.25, 0.3) is 0 Å². The molecule has 0 aliphatic carbocycles. The van der Waals surface area contributed by atoms with Crippen molar-refractivity contribution in [3.63, 3.8) is 0 Å². The third-order valence-corrected chi connectivity index (χ3v) is 1.01. The zero-order valence-corrected chi connectivity index (χ0v) is 6.16. The summed E-state index contributed by atoms with van der Waals surface area (Å²) in [4.78, 5) is 0. The summed E-state index contributed by atoms with van der Waals surface area (Å²) in [7, 11) is 0. The summed E-state index contributed by atoms with van der Waals surface area (Å²) in [5.41, 5.74) is 10.3. The van der Waals surface area contributed by atoms with Crippen LogP contribution in [0.5, 0.6) is 0 Å². The van der Waals surface area contributed by atoms with Gasteiger partial charge in [0.05, 0.1) is 6.10 Å². The molecule has 0 aliphatic heterocycles. The lowest BCUT2D eigenvalue weighted by Gasteiger charge is -2.03. The smallest absolute Gasteiger partial charge is 0.0662 e. The molecule has 0 spiro atoms. The number of hydrazine groups is 1. The van der Waals surface area contributed by atoms with Gasteiger partial charge >= 0.3 is 0 Å². The predicted octanol–water partition coefficient (Wildman–Crippen LogP) is -2.14. The molecule has 0 aromatic rings. The minimum Gasteiger partial charge on any atom is -0.392 e. The van der Waals surface area contributed by atoms with Crippen molar-refractivity contribution >= 4 is 0 Å². The molecule has 0 aromatic heterocycles. The van der Waals surface area contributed by atoms with Gasteiger partial charge in [-0.3, -0.25) is 11.7 Å². The van der Waals surface area contributed by atoms with Gasteiger partial charge in [0.1, 0.15) is 0 Å². The highest BCUT2D eigenvalue weighted by molar-refractivity contribution is 4.54. The molecular formula is C5H18N4O. The minimum atomic E-state index is -0.349. The van der Waals surface area contributed by atoms with Crippen LogP contribution in [-0.4, -0.2) is 24.3 Å². The van der Waals surface area contributed by atoms with E-state index in [4.69, 9.17) is 16.6 Å². The molecule has 0 aromatic carbocycles. The van der Waals surface area contributed by atoms with E-state index < -0.39 is 0 Å². The summed E-state index contributed by atoms with van der Waals surface area (Å²) in [6, 6.07) is 0. The Morgan fingerprint density at radius 3 is 2.00 bits per heavy atom. The Kier molecular flexibility index (Phi) is 14.4. The zero-order chi connectivity index (χ0) is 8.41. The topological polar surface area (TPSA) is 124 Å². The molecule has 9 N–H and O–H groups in total. The summed E-state index contributed by atoms with van der Waals surface area (Å²) < 4.78 is 0. The average molecular weight is 150 g/mol. The molecule has 0 heterocycles. The van der Waals surface area contributed by atoms with E-state index in [-0.39, 0.29) is 6.10 Å². The van der Waals surface area contributed by atoms with Crippen LogP contribution < -0.4 is 23.2 Å². The highest BCUT2D eigenvalue weighted by atomic mass is 16.3. The molecule has 0 amide bonds. The van der Waals surface area contributed by atoms with Crippen molar-refractivity contribution in [3.8, 4) is 0 Å². The van der Waals surface area contributed by atoms with Crippen LogP contribution in [0.1, 0.15) is 12.8 Å². The highest BCUT2D eigenvalue weighted by Crippen LogP contribution is 1.91. The summed E-state index contributed by atoms with van der Waals surface area (Å²) >= 11 is 0. The molecular weight excluding hydrogens is 132 g/mol. The third-order valence-electron chi connectivity index (χ3n) is 1.01. The van der Waals surface area contributed by atoms with Crippen LogP contribution in [0.4, 0.5) is 0 Å². The second-order valence-electron chi connectivity index (χ2n) is 1.82. The fraction of sp³-hybridized carbons (Fsp3) is 1.00. The molecule has 64 valence electrons. The van der Waals surface area contributed by atoms with Crippen molar-refractivity contribution in [2.75, 3.05) is 13.1 Å². The largest absolute Gasteiger partial charge is 0.392 e. The van der Waals surface area contributed by atoms with Crippen LogP contribution in [-0.2, 0) is 0 Å². The number of nitrogens with two attached hydrogens (primary N) is 4. The molecule has 5 nitrogen and oxygen atoms in total. The van der Waals surface area contributed by atoms with E-state index in [9.17, 15) is 0 Å². The van der Waals surface area contributed by atoms with Crippen molar-refractivity contribution in [1.29, 1.82) is 0 Å². The van der Waals surface area contributed by atoms with Crippen LogP contribution in [0.2, 0.25) is 0 Å². The van der Waals surface area contributed by atoms with E-state index >= 15 is 0 Å². The first-order valence-electron chi connectivity index (χ1n) is 3.22. The Balaban J connectivity index is 0. The number of hydrogen-bond donors (Lipinski definition) is 5. The molecule has 1 atom stereocenters. The Morgan fingerprint density at radius 1 is 1.20 bits per heavy atom. The summed E-state index contributed by atoms with van der Waals surface area (Å²) in [6.07, 6.45) is 1.24. The van der Waals surface area contributed by atoms with Gasteiger partial charge in [-0.1, -0.05) is 0 Å². The second-order valence-corrected chi connectivity index (χ2v) is 1.82. The van der Waals surface area contributed by atoms with Crippen molar-refractivity contribution in [3.05, 3.63) is 0 Å². The van der Waals surface area contributed by atoms with Gasteiger partial charge in [-0.25, -0.2) is 0 Å². The summed E-state index contributed by atoms with van der Waals surface area (Å²) in [5.74, 6) is 8.00. The van der Waals surface area contributed by atoms with E-state index in [0.717, 1.165) is 12.8 Å². The van der Waals surface area contributed by atoms with Crippen molar-refractivity contribution in [2.24, 2.45) is 23.2 Å². The monoisotopic (exact) mass is 150 g/mol. The van der Waals surface area contributed by atoms with E-state index in [1.807, 2.05) is 0 Å². The Hall–Kier alpha value is -0.200. The van der Waals surface area contributed by atoms with Gasteiger partial charge in [0.2, 0.25) is 0 Å². The van der Waals surface area contributed by atoms with E-state index in [0.29, 0.717) is 13.1 Å². The molecule has 0 aliphatic rings. The first kappa shape index (κ1) is 12.5. The van der Waals surface area contributed by atoms with Crippen molar-refractivity contribution in [2.45, 2.75) is 18.9 Å². The van der Waals surface area contributed by atoms with Crippen LogP contribution in [0.25, 0.3) is 0 Å². The zero-order valence-electron chi connectivity index (χ0n) is 6.16. The number of aliphatic hydroxyl groups excluding tert-OH is 1. The first-order valence-corrected chi connectivity index (χ1v) is 3.22. The van der Waals surface area contributed by atoms with Gasteiger partial charge in [-0.2, -0.15) is 0 Å². The fourth-order valence-corrected chi connectivity index (χ4v) is 0.471. The maximum atomic E-state index is 8.81. The first-order chi connectivity index (χ1) is 4.81. The lowest BCUT2D eigenvalue weighted by Crippen LogP contribution is -2.20. The molecule has 0 saturated heterocycles. The van der Waals surface area contributed by atoms with E-state index in [2.05, 4.69) is 11.7 Å². The molecule has 0 rings (SSSR count). The fourth-order valence-electron chi connectivity index (χ4n) is 0.471. The summed E-state index contributed by atoms with van der Waals surface area (Å²) in [6.45, 7) is 0.983. The van der Waals surface area contributed by atoms with Crippen LogP contribution in [0.15, 0.2) is 0 Å². The van der Waals surface area contributed by atoms with Crippen LogP contribution in [0, 0.1) is 0 Å². The third kappa shape index (κ3) is 10.7. The lowest BCUT2D eigenvalue weighted by molar-refractivity contribution is 0.171. The number of aliphatic hydroxyl groups is 1. The molecule has 10 heavy (non-hydrogen) atoms. The van der Waals surface area contributed by atoms with Gasteiger partial charge in [0.15, 0.2) is 0 Å². The maximum Gasteiger partial charge on any atom is 0.0662 e. The molecule has 0 fully saturated rings. The molecule has 1 unspecified atom stereocenters. The van der Waals surface area contributed by atoms with Crippen LogP contribution in [0.3, 0.4) is 0 Å². The quantitative estimate of drug-likeness (QED) is 0.231. The van der Waals surface area contributed by atoms with Gasteiger partial charge < -0.3 is 16.6 Å². The van der Waals surface area contributed by atoms with Crippen molar-refractivity contribution in [1.82, 2.24) is 0 Å². The van der Waals surface area contributed by atoms with Gasteiger partial charge in [-0.15, -0.1) is 0 Å². The SMILES string of the molecule is NCCCC(O)CN.NN. The van der Waals surface area contributed by atoms with Crippen molar-refractivity contribution < 1.29 is 5.11 Å². The standard InChI is InChI=1S/C5H14N2O.H4N2/c6-3-1-2-5(8)4-7;1-2/h5,8H,1-4,6-7H2;1-2H2. The molecule has 5 heteroatoms. The van der Waals surface area contributed by atoms with Gasteiger partial charge in [0, 0.05) is 6.54 Å². The Labute approximate surface area is 61.3 Å². The second kappa shape index (κ2) is 11.6. The minimum absolute atomic E-state index is 0.347. The predicted molar refractivity (Wildman–Crippen MR) is 41.7 cm³/mol. The number of hydrogen-bond acceptors (Lipinski definition) is 5. The van der Waals surface area contributed by atoms with Gasteiger partial charge in [-0.05, 0) is 19.4 Å². The van der Waals surface area contributed by atoms with E-state index in [1.165, 1.54) is 0 Å². The number of rotatable bonds is 4. The lowest BCUT2D eigenvalue weighted by atomic mass is 10.2. The molecule has 0 bridgehead atoms. The average Bonchev–Trinajstić information content (AvgIpc) is 2.04. The molecule has 0 saturated carbocycles. The highest BCUT2D eigenvalue weighted by Gasteiger charge is 1.96.